The molecular weight excluding hydrogens is 787 g/mol. The monoisotopic (exact) mass is 864 g/mol. The zero-order valence-electron chi connectivity index (χ0n) is 39.9. The van der Waals surface area contributed by atoms with Gasteiger partial charge in [0.15, 0.2) is 0 Å². The number of hydrogen-bond acceptors (Lipinski definition) is 10. The molecule has 0 aromatic carbocycles. The molecule has 11 amide bonds. The molecule has 1 heterocycles. The van der Waals surface area contributed by atoms with Gasteiger partial charge in [0, 0.05) is 42.3 Å². The Morgan fingerprint density at radius 1 is 0.639 bits per heavy atom. The highest BCUT2D eigenvalue weighted by Crippen LogP contribution is 2.20. The number of hydrogen-bond donors (Lipinski definition) is 4. The van der Waals surface area contributed by atoms with Gasteiger partial charge >= 0.3 is 18.1 Å². The van der Waals surface area contributed by atoms with Crippen molar-refractivity contribution in [2.75, 3.05) is 55.9 Å². The van der Waals surface area contributed by atoms with Crippen molar-refractivity contribution in [1.82, 2.24) is 55.6 Å². The molecule has 1 aliphatic rings. The first-order chi connectivity index (χ1) is 28.1. The van der Waals surface area contributed by atoms with E-state index in [1.54, 1.807) is 13.8 Å². The molecule has 1 aliphatic heterocycles. The third kappa shape index (κ3) is 15.3. The van der Waals surface area contributed by atoms with Crippen LogP contribution in [0.4, 0.5) is 14.4 Å². The van der Waals surface area contributed by atoms with Crippen LogP contribution in [0.25, 0.3) is 0 Å². The number of nitrogens with zero attached hydrogens (tertiary/aromatic N) is 7. The molecule has 0 aromatic rings. The summed E-state index contributed by atoms with van der Waals surface area (Å²) in [5, 5.41) is 11.5. The molecule has 348 valence electrons. The fourth-order valence-corrected chi connectivity index (χ4v) is 6.95. The van der Waals surface area contributed by atoms with E-state index < -0.39 is 84.1 Å². The Morgan fingerprint density at radius 2 is 1.16 bits per heavy atom. The quantitative estimate of drug-likeness (QED) is 0.281. The maximum absolute atomic E-state index is 14.2. The maximum Gasteiger partial charge on any atom is 0.331 e. The first kappa shape index (κ1) is 54.2. The molecule has 0 bridgehead atoms. The van der Waals surface area contributed by atoms with Gasteiger partial charge in [-0.05, 0) is 63.3 Å². The molecule has 1 rings (SSSR count). The summed E-state index contributed by atoms with van der Waals surface area (Å²) in [6.07, 6.45) is 0.146. The van der Waals surface area contributed by atoms with Gasteiger partial charge in [-0.1, -0.05) is 68.9 Å². The van der Waals surface area contributed by atoms with Crippen LogP contribution in [-0.4, -0.2) is 174 Å². The first-order valence-electron chi connectivity index (χ1n) is 21.2. The molecular formula is C42H77N11O8. The number of rotatable bonds is 8. The van der Waals surface area contributed by atoms with Crippen molar-refractivity contribution < 1.29 is 38.4 Å². The van der Waals surface area contributed by atoms with Gasteiger partial charge in [0.2, 0.25) is 23.6 Å². The molecule has 4 N–H and O–H groups in total. The lowest BCUT2D eigenvalue weighted by molar-refractivity contribution is -0.144. The van der Waals surface area contributed by atoms with Crippen LogP contribution in [0.1, 0.15) is 94.9 Å². The van der Waals surface area contributed by atoms with Crippen molar-refractivity contribution in [3.63, 3.8) is 0 Å². The number of likely N-dealkylation sites (N-methyl/N-ethyl adjacent to an activating group) is 4. The second kappa shape index (κ2) is 24.0. The minimum Gasteiger partial charge on any atom is -0.338 e. The van der Waals surface area contributed by atoms with E-state index in [2.05, 4.69) is 27.8 Å². The third-order valence-corrected chi connectivity index (χ3v) is 11.0. The molecule has 0 spiro atoms. The largest absolute Gasteiger partial charge is 0.338 e. The highest BCUT2D eigenvalue weighted by molar-refractivity contribution is 6.01. The summed E-state index contributed by atoms with van der Waals surface area (Å²) < 4.78 is 0. The number of imide groups is 2. The summed E-state index contributed by atoms with van der Waals surface area (Å²) >= 11 is 0. The normalized spacial score (nSPS) is 25.6. The Labute approximate surface area is 364 Å². The average molecular weight is 864 g/mol. The summed E-state index contributed by atoms with van der Waals surface area (Å²) in [5.74, 6) is -3.07. The molecule has 61 heavy (non-hydrogen) atoms. The fourth-order valence-electron chi connectivity index (χ4n) is 6.95. The number of carbonyl (C=O) groups excluding carboxylic acids is 8. The summed E-state index contributed by atoms with van der Waals surface area (Å²) in [4.78, 5) is 118. The smallest absolute Gasteiger partial charge is 0.331 e. The van der Waals surface area contributed by atoms with E-state index in [0.717, 1.165) is 19.6 Å². The Bertz CT molecular complexity index is 1590. The molecule has 19 heteroatoms. The summed E-state index contributed by atoms with van der Waals surface area (Å²) in [6.45, 7) is 22.3. The minimum absolute atomic E-state index is 0.0154. The SMILES string of the molecule is C=C1N(C)C(=O)NC(CC)C(=O)N(C)CC(=O)N(C)C(CC(C)C)C(=O)NC(C(C)C)N(C)C(CC(C)C)NC(C)C(=O)NC(=O)N(C)C(CC(C)C)C(=O)N(C)C(=O)N1C. The molecule has 0 aliphatic carbocycles. The van der Waals surface area contributed by atoms with Crippen LogP contribution in [0.3, 0.4) is 0 Å². The van der Waals surface area contributed by atoms with Crippen molar-refractivity contribution in [2.45, 2.75) is 131 Å². The Morgan fingerprint density at radius 3 is 1.66 bits per heavy atom. The van der Waals surface area contributed by atoms with Crippen LogP contribution >= 0.6 is 0 Å². The van der Waals surface area contributed by atoms with E-state index in [1.807, 2.05) is 67.3 Å². The summed E-state index contributed by atoms with van der Waals surface area (Å²) in [6, 6.07) is -6.56. The molecule has 1 saturated heterocycles. The second-order valence-electron chi connectivity index (χ2n) is 17.9. The topological polar surface area (TPSA) is 207 Å². The van der Waals surface area contributed by atoms with Crippen LogP contribution in [-0.2, 0) is 24.0 Å². The van der Waals surface area contributed by atoms with E-state index in [0.29, 0.717) is 12.8 Å². The van der Waals surface area contributed by atoms with Gasteiger partial charge < -0.3 is 25.3 Å². The Hall–Kier alpha value is -4.78. The zero-order valence-corrected chi connectivity index (χ0v) is 39.9. The van der Waals surface area contributed by atoms with Crippen molar-refractivity contribution in [2.24, 2.45) is 23.7 Å². The van der Waals surface area contributed by atoms with E-state index in [1.165, 1.54) is 52.1 Å². The van der Waals surface area contributed by atoms with Crippen molar-refractivity contribution in [3.05, 3.63) is 12.4 Å². The highest BCUT2D eigenvalue weighted by atomic mass is 16.2. The summed E-state index contributed by atoms with van der Waals surface area (Å²) in [5.41, 5.74) is 0. The van der Waals surface area contributed by atoms with Crippen molar-refractivity contribution in [3.8, 4) is 0 Å². The standard InChI is InChI=1S/C42H77N11O8/c1-19-30-38(57)47(12)23-34(54)50(15)31(20-24(2)3)37(56)45-35(27(8)9)52(17)33(22-26(6)7)43-28(10)36(55)46-41(60)51(16)32(21-25(4)5)39(58)53(18)42(61)49(14)29(11)48(13)40(59)44-30/h24-28,30-33,35,43H,11,19-23H2,1-10,12-18H3,(H,44,59)(H,45,56)(H,46,55,60). The fraction of sp³-hybridized carbons (Fsp3) is 0.762. The minimum atomic E-state index is -1.16. The maximum atomic E-state index is 14.2. The van der Waals surface area contributed by atoms with E-state index in [4.69, 9.17) is 0 Å². The molecule has 6 unspecified atom stereocenters. The summed E-state index contributed by atoms with van der Waals surface area (Å²) in [7, 11) is 10.0. The van der Waals surface area contributed by atoms with E-state index >= 15 is 0 Å². The number of amides is 11. The van der Waals surface area contributed by atoms with Crippen molar-refractivity contribution in [1.29, 1.82) is 0 Å². The van der Waals surface area contributed by atoms with Gasteiger partial charge in [-0.3, -0.25) is 54.2 Å². The van der Waals surface area contributed by atoms with Gasteiger partial charge in [0.1, 0.15) is 23.9 Å². The average Bonchev–Trinajstić information content (AvgIpc) is 3.18. The third-order valence-electron chi connectivity index (χ3n) is 11.0. The molecule has 1 fully saturated rings. The van der Waals surface area contributed by atoms with Gasteiger partial charge in [0.05, 0.1) is 24.9 Å². The number of nitrogens with one attached hydrogen (secondary N) is 4. The van der Waals surface area contributed by atoms with E-state index in [9.17, 15) is 38.4 Å². The van der Waals surface area contributed by atoms with Crippen LogP contribution in [0.5, 0.6) is 0 Å². The molecule has 6 atom stereocenters. The highest BCUT2D eigenvalue weighted by Gasteiger charge is 2.38. The van der Waals surface area contributed by atoms with Crippen LogP contribution in [0, 0.1) is 23.7 Å². The molecule has 19 nitrogen and oxygen atoms in total. The predicted octanol–water partition coefficient (Wildman–Crippen LogP) is 2.70. The second-order valence-corrected chi connectivity index (χ2v) is 17.9. The molecule has 0 radical (unpaired) electrons. The molecule has 0 aromatic heterocycles. The van der Waals surface area contributed by atoms with Crippen LogP contribution in [0.2, 0.25) is 0 Å². The van der Waals surface area contributed by atoms with Gasteiger partial charge in [0.25, 0.3) is 5.91 Å². The van der Waals surface area contributed by atoms with Crippen LogP contribution in [0.15, 0.2) is 12.4 Å². The van der Waals surface area contributed by atoms with Gasteiger partial charge in [-0.25, -0.2) is 14.4 Å². The lowest BCUT2D eigenvalue weighted by atomic mass is 10.00. The van der Waals surface area contributed by atoms with E-state index in [-0.39, 0.29) is 48.9 Å². The number of carbonyl (C=O) groups is 8. The zero-order chi connectivity index (χ0) is 47.4. The molecule has 0 saturated carbocycles. The van der Waals surface area contributed by atoms with Crippen LogP contribution < -0.4 is 21.3 Å². The predicted molar refractivity (Wildman–Crippen MR) is 234 cm³/mol. The lowest BCUT2D eigenvalue weighted by Gasteiger charge is -2.41. The Balaban J connectivity index is 3.85. The van der Waals surface area contributed by atoms with Crippen molar-refractivity contribution >= 4 is 47.6 Å². The lowest BCUT2D eigenvalue weighted by Crippen LogP contribution is -2.63. The van der Waals surface area contributed by atoms with Gasteiger partial charge in [-0.2, -0.15) is 0 Å². The Kier molecular flexibility index (Phi) is 21.4. The van der Waals surface area contributed by atoms with Gasteiger partial charge in [-0.15, -0.1) is 0 Å². The first-order valence-corrected chi connectivity index (χ1v) is 21.2. The number of urea groups is 3.